The molecule has 1 aliphatic heterocycles. The van der Waals surface area contributed by atoms with Crippen molar-refractivity contribution in [1.29, 1.82) is 0 Å². The van der Waals surface area contributed by atoms with Crippen molar-refractivity contribution in [2.24, 2.45) is 10.7 Å². The molecule has 0 spiro atoms. The molecule has 0 atom stereocenters. The van der Waals surface area contributed by atoms with Crippen molar-refractivity contribution >= 4 is 16.0 Å². The van der Waals surface area contributed by atoms with Crippen LogP contribution >= 0.6 is 0 Å². The first kappa shape index (κ1) is 16.8. The normalized spacial score (nSPS) is 17.0. The summed E-state index contributed by atoms with van der Waals surface area (Å²) in [5, 5.41) is 0. The second kappa shape index (κ2) is 7.11. The molecule has 1 heterocycles. The summed E-state index contributed by atoms with van der Waals surface area (Å²) < 4.78 is 25.2. The van der Waals surface area contributed by atoms with Crippen LogP contribution in [0.5, 0.6) is 0 Å². The number of guanidine groups is 1. The van der Waals surface area contributed by atoms with Gasteiger partial charge in [-0.2, -0.15) is 0 Å². The number of nitrogens with two attached hydrogens (primary N) is 1. The highest BCUT2D eigenvalue weighted by molar-refractivity contribution is 7.89. The molecule has 2 rings (SSSR count). The molecular formula is C15H24N4O2S. The lowest BCUT2D eigenvalue weighted by atomic mass is 10.1. The average molecular weight is 324 g/mol. The third-order valence-electron chi connectivity index (χ3n) is 3.81. The first-order valence-corrected chi connectivity index (χ1v) is 8.91. The summed E-state index contributed by atoms with van der Waals surface area (Å²) >= 11 is 0. The van der Waals surface area contributed by atoms with Crippen molar-refractivity contribution < 1.29 is 8.42 Å². The Morgan fingerprint density at radius 3 is 2.32 bits per heavy atom. The molecular weight excluding hydrogens is 300 g/mol. The molecule has 122 valence electrons. The fourth-order valence-corrected chi connectivity index (χ4v) is 3.27. The molecule has 1 aliphatic rings. The molecule has 2 N–H and O–H groups in total. The van der Waals surface area contributed by atoms with E-state index in [2.05, 4.69) is 9.89 Å². The standard InChI is InChI=1S/C15H24N4O2S/c1-18(2)22(20,21)14-8-6-13(7-9-14)12-17-15(16)19-10-4-3-5-11-19/h6-9H,3-5,10-12H2,1-2H3,(H2,16,17). The first-order valence-electron chi connectivity index (χ1n) is 7.47. The molecule has 1 aromatic carbocycles. The van der Waals surface area contributed by atoms with Crippen molar-refractivity contribution in [1.82, 2.24) is 9.21 Å². The van der Waals surface area contributed by atoms with Crippen LogP contribution in [0, 0.1) is 0 Å². The Bertz CT molecular complexity index is 617. The van der Waals surface area contributed by atoms with Crippen molar-refractivity contribution in [2.45, 2.75) is 30.7 Å². The Morgan fingerprint density at radius 2 is 1.77 bits per heavy atom. The van der Waals surface area contributed by atoms with Gasteiger partial charge in [0.05, 0.1) is 11.4 Å². The quantitative estimate of drug-likeness (QED) is 0.667. The van der Waals surface area contributed by atoms with E-state index in [1.807, 2.05) is 0 Å². The van der Waals surface area contributed by atoms with Gasteiger partial charge in [0, 0.05) is 27.2 Å². The molecule has 0 bridgehead atoms. The average Bonchev–Trinajstić information content (AvgIpc) is 2.53. The van der Waals surface area contributed by atoms with E-state index < -0.39 is 10.0 Å². The summed E-state index contributed by atoms with van der Waals surface area (Å²) in [6.07, 6.45) is 3.58. The number of sulfonamides is 1. The topological polar surface area (TPSA) is 79.0 Å². The maximum absolute atomic E-state index is 12.0. The van der Waals surface area contributed by atoms with Gasteiger partial charge < -0.3 is 10.6 Å². The van der Waals surface area contributed by atoms with Crippen LogP contribution < -0.4 is 5.73 Å². The maximum atomic E-state index is 12.0. The zero-order chi connectivity index (χ0) is 16.2. The van der Waals surface area contributed by atoms with Crippen LogP contribution in [-0.2, 0) is 16.6 Å². The number of aliphatic imine (C=N–C) groups is 1. The Kier molecular flexibility index (Phi) is 5.42. The smallest absolute Gasteiger partial charge is 0.242 e. The minimum Gasteiger partial charge on any atom is -0.370 e. The molecule has 0 saturated carbocycles. The third-order valence-corrected chi connectivity index (χ3v) is 5.63. The maximum Gasteiger partial charge on any atom is 0.242 e. The van der Waals surface area contributed by atoms with E-state index >= 15 is 0 Å². The molecule has 0 radical (unpaired) electrons. The fraction of sp³-hybridized carbons (Fsp3) is 0.533. The molecule has 6 nitrogen and oxygen atoms in total. The van der Waals surface area contributed by atoms with E-state index in [0.717, 1.165) is 31.5 Å². The minimum absolute atomic E-state index is 0.286. The van der Waals surface area contributed by atoms with E-state index in [-0.39, 0.29) is 4.90 Å². The van der Waals surface area contributed by atoms with Crippen molar-refractivity contribution in [2.75, 3.05) is 27.2 Å². The van der Waals surface area contributed by atoms with Gasteiger partial charge in [-0.05, 0) is 37.0 Å². The number of rotatable bonds is 4. The highest BCUT2D eigenvalue weighted by Crippen LogP contribution is 2.15. The van der Waals surface area contributed by atoms with Crippen LogP contribution in [0.15, 0.2) is 34.2 Å². The summed E-state index contributed by atoms with van der Waals surface area (Å²) in [5.41, 5.74) is 6.95. The number of likely N-dealkylation sites (tertiary alicyclic amines) is 1. The van der Waals surface area contributed by atoms with Crippen LogP contribution in [-0.4, -0.2) is 50.8 Å². The molecule has 0 aromatic heterocycles. The lowest BCUT2D eigenvalue weighted by Crippen LogP contribution is -2.40. The van der Waals surface area contributed by atoms with Gasteiger partial charge in [0.15, 0.2) is 5.96 Å². The Morgan fingerprint density at radius 1 is 1.18 bits per heavy atom. The minimum atomic E-state index is -3.38. The summed E-state index contributed by atoms with van der Waals surface area (Å²) in [7, 11) is -0.336. The molecule has 1 aromatic rings. The molecule has 0 amide bonds. The van der Waals surface area contributed by atoms with Gasteiger partial charge in [0.1, 0.15) is 0 Å². The van der Waals surface area contributed by atoms with Gasteiger partial charge in [-0.15, -0.1) is 0 Å². The van der Waals surface area contributed by atoms with Crippen molar-refractivity contribution in [3.05, 3.63) is 29.8 Å². The number of benzene rings is 1. The van der Waals surface area contributed by atoms with Gasteiger partial charge in [0.2, 0.25) is 10.0 Å². The van der Waals surface area contributed by atoms with E-state index in [4.69, 9.17) is 5.73 Å². The summed E-state index contributed by atoms with van der Waals surface area (Å²) in [4.78, 5) is 6.80. The highest BCUT2D eigenvalue weighted by Gasteiger charge is 2.16. The largest absolute Gasteiger partial charge is 0.370 e. The first-order chi connectivity index (χ1) is 10.4. The Hall–Kier alpha value is -1.60. The van der Waals surface area contributed by atoms with Gasteiger partial charge >= 0.3 is 0 Å². The number of hydrogen-bond donors (Lipinski definition) is 1. The third kappa shape index (κ3) is 3.98. The molecule has 1 fully saturated rings. The lowest BCUT2D eigenvalue weighted by molar-refractivity contribution is 0.338. The zero-order valence-electron chi connectivity index (χ0n) is 13.2. The highest BCUT2D eigenvalue weighted by atomic mass is 32.2. The zero-order valence-corrected chi connectivity index (χ0v) is 14.0. The van der Waals surface area contributed by atoms with Gasteiger partial charge in [-0.3, -0.25) is 0 Å². The number of hydrogen-bond acceptors (Lipinski definition) is 3. The second-order valence-electron chi connectivity index (χ2n) is 5.65. The fourth-order valence-electron chi connectivity index (χ4n) is 2.37. The number of nitrogens with zero attached hydrogens (tertiary/aromatic N) is 3. The molecule has 0 unspecified atom stereocenters. The van der Waals surface area contributed by atoms with E-state index in [1.165, 1.54) is 24.8 Å². The van der Waals surface area contributed by atoms with Crippen molar-refractivity contribution in [3.63, 3.8) is 0 Å². The van der Waals surface area contributed by atoms with Gasteiger partial charge in [-0.1, -0.05) is 12.1 Å². The summed E-state index contributed by atoms with van der Waals surface area (Å²) in [6.45, 7) is 2.40. The SMILES string of the molecule is CN(C)S(=O)(=O)c1ccc(CN=C(N)N2CCCCC2)cc1. The molecule has 1 saturated heterocycles. The summed E-state index contributed by atoms with van der Waals surface area (Å²) in [6, 6.07) is 6.78. The predicted molar refractivity (Wildman–Crippen MR) is 88.1 cm³/mol. The van der Waals surface area contributed by atoms with E-state index in [9.17, 15) is 8.42 Å². The molecule has 7 heteroatoms. The molecule has 22 heavy (non-hydrogen) atoms. The van der Waals surface area contributed by atoms with Gasteiger partial charge in [-0.25, -0.2) is 17.7 Å². The van der Waals surface area contributed by atoms with Crippen LogP contribution in [0.2, 0.25) is 0 Å². The molecule has 0 aliphatic carbocycles. The van der Waals surface area contributed by atoms with E-state index in [0.29, 0.717) is 12.5 Å². The Labute approximate surface area is 132 Å². The van der Waals surface area contributed by atoms with Crippen LogP contribution in [0.3, 0.4) is 0 Å². The summed E-state index contributed by atoms with van der Waals surface area (Å²) in [5.74, 6) is 0.574. The number of piperidine rings is 1. The predicted octanol–water partition coefficient (Wildman–Crippen LogP) is 1.24. The van der Waals surface area contributed by atoms with Crippen LogP contribution in [0.1, 0.15) is 24.8 Å². The second-order valence-corrected chi connectivity index (χ2v) is 7.81. The van der Waals surface area contributed by atoms with Crippen molar-refractivity contribution in [3.8, 4) is 0 Å². The Balaban J connectivity index is 2.02. The van der Waals surface area contributed by atoms with Crippen LogP contribution in [0.4, 0.5) is 0 Å². The lowest BCUT2D eigenvalue weighted by Gasteiger charge is -2.27. The van der Waals surface area contributed by atoms with Gasteiger partial charge in [0.25, 0.3) is 0 Å². The van der Waals surface area contributed by atoms with E-state index in [1.54, 1.807) is 24.3 Å². The van der Waals surface area contributed by atoms with Crippen LogP contribution in [0.25, 0.3) is 0 Å². The monoisotopic (exact) mass is 324 g/mol.